The van der Waals surface area contributed by atoms with E-state index in [2.05, 4.69) is 44.2 Å². The predicted molar refractivity (Wildman–Crippen MR) is 195 cm³/mol. The SMILES string of the molecule is CCCCCCCC/C=C\CCCCCCCCOc1[c]cccc1OCCCCCCCC/C=C\CCCCCCCC. The molecule has 0 heterocycles. The summed E-state index contributed by atoms with van der Waals surface area (Å²) in [5.41, 5.74) is 0. The molecule has 0 bridgehead atoms. The van der Waals surface area contributed by atoms with E-state index in [0.29, 0.717) is 0 Å². The number of hydrogen-bond donors (Lipinski definition) is 0. The molecule has 0 spiro atoms. The van der Waals surface area contributed by atoms with Gasteiger partial charge in [-0.25, -0.2) is 0 Å². The van der Waals surface area contributed by atoms with Crippen molar-refractivity contribution in [2.75, 3.05) is 13.2 Å². The van der Waals surface area contributed by atoms with Crippen LogP contribution in [-0.4, -0.2) is 13.2 Å². The highest BCUT2D eigenvalue weighted by atomic mass is 16.5. The maximum absolute atomic E-state index is 6.07. The molecule has 0 unspecified atom stereocenters. The molecule has 0 aromatic heterocycles. The summed E-state index contributed by atoms with van der Waals surface area (Å²) in [7, 11) is 0. The van der Waals surface area contributed by atoms with E-state index in [1.165, 1.54) is 167 Å². The van der Waals surface area contributed by atoms with Crippen molar-refractivity contribution in [2.24, 2.45) is 0 Å². The van der Waals surface area contributed by atoms with Crippen LogP contribution in [0.1, 0.15) is 194 Å². The summed E-state index contributed by atoms with van der Waals surface area (Å²) in [6, 6.07) is 9.18. The Balaban J connectivity index is 1.91. The van der Waals surface area contributed by atoms with Crippen molar-refractivity contribution in [2.45, 2.75) is 194 Å². The zero-order valence-electron chi connectivity index (χ0n) is 29.6. The summed E-state index contributed by atoms with van der Waals surface area (Å²) in [6.07, 6.45) is 46.8. The number of benzene rings is 1. The quantitative estimate of drug-likeness (QED) is 0.0571. The number of allylic oxidation sites excluding steroid dienone is 4. The second-order valence-corrected chi connectivity index (χ2v) is 12.9. The molecule has 0 amide bonds. The van der Waals surface area contributed by atoms with Crippen LogP contribution < -0.4 is 9.47 Å². The largest absolute Gasteiger partial charge is 0.490 e. The van der Waals surface area contributed by atoms with Crippen LogP contribution in [0, 0.1) is 6.07 Å². The van der Waals surface area contributed by atoms with Gasteiger partial charge in [0.1, 0.15) is 0 Å². The van der Waals surface area contributed by atoms with Gasteiger partial charge in [0.05, 0.1) is 13.2 Å². The minimum Gasteiger partial charge on any atom is -0.490 e. The average Bonchev–Trinajstić information content (AvgIpc) is 3.04. The first-order valence-electron chi connectivity index (χ1n) is 19.4. The Hall–Kier alpha value is -1.70. The minimum absolute atomic E-state index is 0.756. The lowest BCUT2D eigenvalue weighted by atomic mass is 10.1. The van der Waals surface area contributed by atoms with E-state index in [4.69, 9.17) is 9.47 Å². The molecule has 0 N–H and O–H groups in total. The Labute approximate surface area is 275 Å². The van der Waals surface area contributed by atoms with Gasteiger partial charge in [-0.05, 0) is 70.3 Å². The molecule has 0 atom stereocenters. The lowest BCUT2D eigenvalue weighted by Crippen LogP contribution is -2.02. The highest BCUT2D eigenvalue weighted by Crippen LogP contribution is 2.26. The molecule has 253 valence electrons. The molecule has 0 saturated carbocycles. The van der Waals surface area contributed by atoms with Crippen molar-refractivity contribution < 1.29 is 9.47 Å². The Morgan fingerprint density at radius 2 is 0.818 bits per heavy atom. The van der Waals surface area contributed by atoms with Gasteiger partial charge in [-0.1, -0.05) is 166 Å². The number of para-hydroxylation sites is 1. The number of unbranched alkanes of at least 4 members (excludes halogenated alkanes) is 24. The third kappa shape index (κ3) is 27.8. The van der Waals surface area contributed by atoms with Crippen LogP contribution in [0.5, 0.6) is 11.5 Å². The van der Waals surface area contributed by atoms with Crippen molar-refractivity contribution in [3.63, 3.8) is 0 Å². The fourth-order valence-corrected chi connectivity index (χ4v) is 5.69. The third-order valence-corrected chi connectivity index (χ3v) is 8.60. The van der Waals surface area contributed by atoms with Gasteiger partial charge in [-0.2, -0.15) is 0 Å². The van der Waals surface area contributed by atoms with E-state index in [-0.39, 0.29) is 0 Å². The van der Waals surface area contributed by atoms with Gasteiger partial charge >= 0.3 is 0 Å². The van der Waals surface area contributed by atoms with Gasteiger partial charge in [-0.3, -0.25) is 0 Å². The molecular weight excluding hydrogens is 536 g/mol. The van der Waals surface area contributed by atoms with Gasteiger partial charge in [0.25, 0.3) is 0 Å². The standard InChI is InChI=1S/C42H73O2/c1-3-5-7-9-11-13-15-17-19-21-23-25-27-29-31-35-39-43-41-37-33-34-38-42(41)44-40-36-32-30-28-26-24-22-20-18-16-14-12-10-8-6-4-2/h17-20,33-34,37H,3-16,21-32,35-36,39-40H2,1-2H3/b19-17-,20-18-. The van der Waals surface area contributed by atoms with Crippen molar-refractivity contribution >= 4 is 0 Å². The average molecular weight is 610 g/mol. The van der Waals surface area contributed by atoms with Crippen LogP contribution in [0.3, 0.4) is 0 Å². The second kappa shape index (κ2) is 34.2. The Bertz CT molecular complexity index is 689. The van der Waals surface area contributed by atoms with E-state index in [0.717, 1.165) is 37.6 Å². The molecular formula is C42H73O2. The van der Waals surface area contributed by atoms with E-state index in [1.54, 1.807) is 0 Å². The molecule has 0 aliphatic heterocycles. The maximum atomic E-state index is 6.07. The Morgan fingerprint density at radius 1 is 0.455 bits per heavy atom. The number of ether oxygens (including phenoxy) is 2. The zero-order chi connectivity index (χ0) is 31.4. The lowest BCUT2D eigenvalue weighted by molar-refractivity contribution is 0.258. The molecule has 0 saturated heterocycles. The Kier molecular flexibility index (Phi) is 31.3. The van der Waals surface area contributed by atoms with Crippen LogP contribution in [0.4, 0.5) is 0 Å². The molecule has 44 heavy (non-hydrogen) atoms. The second-order valence-electron chi connectivity index (χ2n) is 12.9. The summed E-state index contributed by atoms with van der Waals surface area (Å²) >= 11 is 0. The summed E-state index contributed by atoms with van der Waals surface area (Å²) in [4.78, 5) is 0. The lowest BCUT2D eigenvalue weighted by Gasteiger charge is -2.12. The van der Waals surface area contributed by atoms with Gasteiger partial charge in [0, 0.05) is 6.07 Å². The fraction of sp³-hybridized carbons (Fsp3) is 0.762. The molecule has 2 nitrogen and oxygen atoms in total. The summed E-state index contributed by atoms with van der Waals surface area (Å²) < 4.78 is 12.1. The van der Waals surface area contributed by atoms with Gasteiger partial charge in [0.15, 0.2) is 11.5 Å². The summed E-state index contributed by atoms with van der Waals surface area (Å²) in [5, 5.41) is 0. The highest BCUT2D eigenvalue weighted by molar-refractivity contribution is 5.38. The van der Waals surface area contributed by atoms with Gasteiger partial charge < -0.3 is 9.47 Å². The zero-order valence-corrected chi connectivity index (χ0v) is 29.6. The first kappa shape index (κ1) is 40.3. The Morgan fingerprint density at radius 3 is 1.25 bits per heavy atom. The molecule has 1 radical (unpaired) electrons. The number of rotatable bonds is 34. The molecule has 0 fully saturated rings. The van der Waals surface area contributed by atoms with E-state index >= 15 is 0 Å². The molecule has 2 heteroatoms. The van der Waals surface area contributed by atoms with Crippen molar-refractivity contribution in [1.29, 1.82) is 0 Å². The van der Waals surface area contributed by atoms with Crippen LogP contribution in [0.25, 0.3) is 0 Å². The van der Waals surface area contributed by atoms with Crippen LogP contribution in [0.15, 0.2) is 42.5 Å². The smallest absolute Gasteiger partial charge is 0.169 e. The van der Waals surface area contributed by atoms with Gasteiger partial charge in [0.2, 0.25) is 0 Å². The first-order chi connectivity index (χ1) is 21.9. The summed E-state index contributed by atoms with van der Waals surface area (Å²) in [6.45, 7) is 6.10. The monoisotopic (exact) mass is 610 g/mol. The molecule has 1 rings (SSSR count). The highest BCUT2D eigenvalue weighted by Gasteiger charge is 2.04. The molecule has 0 aliphatic rings. The third-order valence-electron chi connectivity index (χ3n) is 8.60. The van der Waals surface area contributed by atoms with E-state index in [9.17, 15) is 0 Å². The first-order valence-corrected chi connectivity index (χ1v) is 19.4. The van der Waals surface area contributed by atoms with E-state index < -0.39 is 0 Å². The van der Waals surface area contributed by atoms with Crippen molar-refractivity contribution in [1.82, 2.24) is 0 Å². The van der Waals surface area contributed by atoms with Crippen LogP contribution >= 0.6 is 0 Å². The van der Waals surface area contributed by atoms with Crippen LogP contribution in [-0.2, 0) is 0 Å². The van der Waals surface area contributed by atoms with E-state index in [1.807, 2.05) is 18.2 Å². The van der Waals surface area contributed by atoms with Crippen molar-refractivity contribution in [3.8, 4) is 11.5 Å². The number of hydrogen-bond acceptors (Lipinski definition) is 2. The molecule has 1 aromatic carbocycles. The predicted octanol–water partition coefficient (Wildman–Crippen LogP) is 14.3. The minimum atomic E-state index is 0.756. The van der Waals surface area contributed by atoms with Gasteiger partial charge in [-0.15, -0.1) is 0 Å². The molecule has 1 aromatic rings. The summed E-state index contributed by atoms with van der Waals surface area (Å²) in [5.74, 6) is 1.63. The van der Waals surface area contributed by atoms with Crippen molar-refractivity contribution in [3.05, 3.63) is 48.6 Å². The maximum Gasteiger partial charge on any atom is 0.169 e. The fourth-order valence-electron chi connectivity index (χ4n) is 5.69. The normalized spacial score (nSPS) is 11.7. The topological polar surface area (TPSA) is 18.5 Å². The van der Waals surface area contributed by atoms with Crippen LogP contribution in [0.2, 0.25) is 0 Å². The molecule has 0 aliphatic carbocycles.